The number of hydrogen-bond acceptors (Lipinski definition) is 7. The van der Waals surface area contributed by atoms with E-state index >= 15 is 0 Å². The van der Waals surface area contributed by atoms with Gasteiger partial charge >= 0.3 is 11.9 Å². The lowest BCUT2D eigenvalue weighted by Crippen LogP contribution is -2.40. The van der Waals surface area contributed by atoms with Crippen molar-refractivity contribution in [1.29, 1.82) is 0 Å². The molecule has 4 heterocycles. The molecule has 0 amide bonds. The van der Waals surface area contributed by atoms with Gasteiger partial charge in [0.1, 0.15) is 6.54 Å². The predicted octanol–water partition coefficient (Wildman–Crippen LogP) is 2.62. The number of H-pyrrole nitrogens is 1. The van der Waals surface area contributed by atoms with E-state index in [1.807, 2.05) is 6.92 Å². The van der Waals surface area contributed by atoms with Crippen LogP contribution in [0, 0.1) is 0 Å². The van der Waals surface area contributed by atoms with Crippen molar-refractivity contribution in [3.63, 3.8) is 0 Å². The minimum atomic E-state index is -4.54. The Morgan fingerprint density at radius 1 is 1.15 bits per heavy atom. The fourth-order valence-corrected chi connectivity index (χ4v) is 3.62. The highest BCUT2D eigenvalue weighted by atomic mass is 35.5. The van der Waals surface area contributed by atoms with E-state index in [0.29, 0.717) is 13.0 Å². The second-order valence-corrected chi connectivity index (χ2v) is 7.93. The predicted molar refractivity (Wildman–Crippen MR) is 113 cm³/mol. The third-order valence-corrected chi connectivity index (χ3v) is 5.26. The molecule has 0 bridgehead atoms. The Hall–Kier alpha value is -3.42. The summed E-state index contributed by atoms with van der Waals surface area (Å²) in [6.07, 6.45) is -1.21. The summed E-state index contributed by atoms with van der Waals surface area (Å²) < 4.78 is 46.7. The molecule has 0 saturated carbocycles. The minimum Gasteiger partial charge on any atom is -0.339 e. The molecule has 4 rings (SSSR count). The van der Waals surface area contributed by atoms with E-state index in [0.717, 1.165) is 28.2 Å². The zero-order valence-corrected chi connectivity index (χ0v) is 18.7. The van der Waals surface area contributed by atoms with Crippen LogP contribution in [0.4, 0.5) is 13.2 Å². The van der Waals surface area contributed by atoms with Crippen molar-refractivity contribution in [3.8, 4) is 0 Å². The third-order valence-electron chi connectivity index (χ3n) is 5.08. The minimum absolute atomic E-state index is 0.0208. The summed E-state index contributed by atoms with van der Waals surface area (Å²) in [5.74, 6) is 0.377. The molecule has 0 aliphatic heterocycles. The molecule has 0 saturated heterocycles. The van der Waals surface area contributed by atoms with Crippen molar-refractivity contribution in [1.82, 2.24) is 39.0 Å². The zero-order chi connectivity index (χ0) is 24.5. The number of imidazole rings is 1. The van der Waals surface area contributed by atoms with E-state index in [9.17, 15) is 22.8 Å². The largest absolute Gasteiger partial charge is 0.435 e. The summed E-state index contributed by atoms with van der Waals surface area (Å²) in [6, 6.07) is 0.857. The summed E-state index contributed by atoms with van der Waals surface area (Å²) in [6.45, 7) is 2.36. The van der Waals surface area contributed by atoms with E-state index < -0.39 is 23.1 Å². The van der Waals surface area contributed by atoms with Crippen molar-refractivity contribution in [2.45, 2.75) is 58.4 Å². The normalized spacial score (nSPS) is 12.1. The molecule has 0 unspecified atom stereocenters. The fourth-order valence-electron chi connectivity index (χ4n) is 3.44. The van der Waals surface area contributed by atoms with Crippen LogP contribution in [0.25, 0.3) is 11.2 Å². The van der Waals surface area contributed by atoms with Gasteiger partial charge in [-0.1, -0.05) is 18.5 Å². The Balaban J connectivity index is 1.45. The van der Waals surface area contributed by atoms with Gasteiger partial charge in [-0.2, -0.15) is 28.2 Å². The molecule has 0 radical (unpaired) electrons. The highest BCUT2D eigenvalue weighted by Gasteiger charge is 2.33. The molecule has 0 spiro atoms. The molecule has 0 aromatic carbocycles. The van der Waals surface area contributed by atoms with Crippen LogP contribution in [0.5, 0.6) is 0 Å². The Morgan fingerprint density at radius 2 is 1.91 bits per heavy atom. The lowest BCUT2D eigenvalue weighted by molar-refractivity contribution is -0.141. The summed E-state index contributed by atoms with van der Waals surface area (Å²) >= 11 is 5.91. The maximum atomic E-state index is 12.9. The van der Waals surface area contributed by atoms with Crippen LogP contribution >= 0.6 is 11.6 Å². The molecule has 0 aliphatic carbocycles. The smallest absolute Gasteiger partial charge is 0.339 e. The zero-order valence-electron chi connectivity index (χ0n) is 18.0. The number of hydrogen-bond donors (Lipinski definition) is 1. The summed E-state index contributed by atoms with van der Waals surface area (Å²) in [5.41, 5.74) is -1.66. The first-order chi connectivity index (χ1) is 16.2. The van der Waals surface area contributed by atoms with Gasteiger partial charge in [-0.3, -0.25) is 18.6 Å². The lowest BCUT2D eigenvalue weighted by Gasteiger charge is -2.10. The van der Waals surface area contributed by atoms with Gasteiger partial charge < -0.3 is 9.51 Å². The molecule has 34 heavy (non-hydrogen) atoms. The summed E-state index contributed by atoms with van der Waals surface area (Å²) in [7, 11) is 0. The number of alkyl halides is 3. The average Bonchev–Trinajstić information content (AvgIpc) is 3.51. The van der Waals surface area contributed by atoms with Crippen LogP contribution in [-0.2, 0) is 32.2 Å². The second-order valence-electron chi connectivity index (χ2n) is 7.57. The number of fused-ring (bicyclic) bond motifs is 1. The lowest BCUT2D eigenvalue weighted by atomic mass is 10.3. The molecule has 11 nitrogen and oxygen atoms in total. The van der Waals surface area contributed by atoms with E-state index in [2.05, 4.69) is 25.2 Å². The first-order valence-electron chi connectivity index (χ1n) is 10.5. The van der Waals surface area contributed by atoms with Crippen molar-refractivity contribution in [3.05, 3.63) is 55.8 Å². The molecule has 4 aromatic rings. The molecule has 0 fully saturated rings. The number of nitrogens with zero attached hydrogens (tertiary/aromatic N) is 7. The quantitative estimate of drug-likeness (QED) is 0.350. The molecule has 182 valence electrons. The molecule has 15 heteroatoms. The van der Waals surface area contributed by atoms with E-state index in [4.69, 9.17) is 16.1 Å². The SMILES string of the molecule is CCCCn1c(=O)n(CCCc2nc(Cn3ccc(C(F)(F)F)n3)no2)c(=O)c2[nH]c(Cl)nc21. The van der Waals surface area contributed by atoms with Gasteiger partial charge in [-0.05, 0) is 30.5 Å². The van der Waals surface area contributed by atoms with Crippen molar-refractivity contribution < 1.29 is 17.7 Å². The third kappa shape index (κ3) is 4.90. The standard InChI is InChI=1S/C19H20ClF3N8O3/c1-2-3-7-30-15-14(25-17(20)26-15)16(32)31(18(30)33)8-4-5-13-24-12(28-34-13)10-29-9-6-11(27-29)19(21,22)23/h6,9H,2-5,7-8,10H2,1H3,(H,25,26). The first kappa shape index (κ1) is 23.7. The van der Waals surface area contributed by atoms with Gasteiger partial charge in [0.15, 0.2) is 22.7 Å². The van der Waals surface area contributed by atoms with Gasteiger partial charge in [-0.15, -0.1) is 0 Å². The number of aromatic amines is 1. The Morgan fingerprint density at radius 3 is 2.62 bits per heavy atom. The average molecular weight is 501 g/mol. The van der Waals surface area contributed by atoms with Crippen LogP contribution in [-0.4, -0.2) is 39.0 Å². The highest BCUT2D eigenvalue weighted by molar-refractivity contribution is 6.28. The molecule has 4 aromatic heterocycles. The number of aryl methyl sites for hydroxylation is 2. The van der Waals surface area contributed by atoms with Crippen molar-refractivity contribution in [2.24, 2.45) is 0 Å². The van der Waals surface area contributed by atoms with Gasteiger partial charge in [-0.25, -0.2) is 4.79 Å². The van der Waals surface area contributed by atoms with E-state index in [-0.39, 0.29) is 47.7 Å². The number of unbranched alkanes of at least 4 members (excludes halogenated alkanes) is 1. The fraction of sp³-hybridized carbons (Fsp3) is 0.474. The van der Waals surface area contributed by atoms with Gasteiger partial charge in [0.05, 0.1) is 0 Å². The van der Waals surface area contributed by atoms with E-state index in [1.54, 1.807) is 0 Å². The summed E-state index contributed by atoms with van der Waals surface area (Å²) in [4.78, 5) is 36.6. The van der Waals surface area contributed by atoms with Gasteiger partial charge in [0, 0.05) is 25.7 Å². The maximum Gasteiger partial charge on any atom is 0.435 e. The molecule has 0 atom stereocenters. The van der Waals surface area contributed by atoms with Crippen LogP contribution in [0.3, 0.4) is 0 Å². The first-order valence-corrected chi connectivity index (χ1v) is 10.9. The summed E-state index contributed by atoms with van der Waals surface area (Å²) in [5, 5.41) is 7.21. The van der Waals surface area contributed by atoms with Crippen LogP contribution in [0.1, 0.15) is 43.6 Å². The van der Waals surface area contributed by atoms with Gasteiger partial charge in [0.25, 0.3) is 5.56 Å². The Kier molecular flexibility index (Phi) is 6.59. The van der Waals surface area contributed by atoms with Gasteiger partial charge in [0.2, 0.25) is 11.2 Å². The van der Waals surface area contributed by atoms with Crippen molar-refractivity contribution in [2.75, 3.05) is 0 Å². The maximum absolute atomic E-state index is 12.9. The number of rotatable bonds is 9. The number of nitrogens with one attached hydrogen (secondary N) is 1. The highest BCUT2D eigenvalue weighted by Crippen LogP contribution is 2.27. The molecular formula is C19H20ClF3N8O3. The molecule has 1 N–H and O–H groups in total. The topological polar surface area (TPSA) is 129 Å². The Labute approximate surface area is 194 Å². The van der Waals surface area contributed by atoms with E-state index in [1.165, 1.54) is 10.8 Å². The van der Waals surface area contributed by atoms with Crippen LogP contribution in [0.2, 0.25) is 5.28 Å². The monoisotopic (exact) mass is 500 g/mol. The number of aromatic nitrogens is 8. The number of halogens is 4. The van der Waals surface area contributed by atoms with Crippen LogP contribution in [0.15, 0.2) is 26.4 Å². The van der Waals surface area contributed by atoms with Crippen LogP contribution < -0.4 is 11.2 Å². The van der Waals surface area contributed by atoms with Crippen molar-refractivity contribution >= 4 is 22.8 Å². The molecular weight excluding hydrogens is 481 g/mol. The Bertz CT molecular complexity index is 1410. The second kappa shape index (κ2) is 9.44. The molecule has 0 aliphatic rings.